The summed E-state index contributed by atoms with van der Waals surface area (Å²) in [5, 5.41) is 11.3. The van der Waals surface area contributed by atoms with Gasteiger partial charge in [-0.2, -0.15) is 0 Å². The van der Waals surface area contributed by atoms with Crippen molar-refractivity contribution < 1.29 is 4.74 Å². The molecule has 0 aliphatic heterocycles. The second kappa shape index (κ2) is 5.78. The van der Waals surface area contributed by atoms with Crippen LogP contribution in [0.25, 0.3) is 0 Å². The highest BCUT2D eigenvalue weighted by Gasteiger charge is 2.20. The lowest BCUT2D eigenvalue weighted by Crippen LogP contribution is -2.29. The van der Waals surface area contributed by atoms with Crippen LogP contribution in [0.5, 0.6) is 5.75 Å². The van der Waals surface area contributed by atoms with Gasteiger partial charge in [0.2, 0.25) is 5.90 Å². The van der Waals surface area contributed by atoms with Gasteiger partial charge in [-0.15, -0.1) is 0 Å². The van der Waals surface area contributed by atoms with Gasteiger partial charge in [0.05, 0.1) is 0 Å². The third-order valence-corrected chi connectivity index (χ3v) is 2.56. The zero-order valence-electron chi connectivity index (χ0n) is 12.3. The first kappa shape index (κ1) is 14.8. The third kappa shape index (κ3) is 3.92. The van der Waals surface area contributed by atoms with Crippen molar-refractivity contribution in [3.8, 4) is 5.75 Å². The van der Waals surface area contributed by atoms with Gasteiger partial charge in [-0.05, 0) is 32.9 Å². The van der Waals surface area contributed by atoms with Crippen molar-refractivity contribution in [2.75, 3.05) is 11.1 Å². The van der Waals surface area contributed by atoms with Crippen LogP contribution in [0.2, 0.25) is 0 Å². The molecule has 6 heteroatoms. The van der Waals surface area contributed by atoms with Crippen molar-refractivity contribution in [2.45, 2.75) is 26.3 Å². The lowest BCUT2D eigenvalue weighted by molar-refractivity contribution is 0.547. The maximum atomic E-state index is 8.13. The van der Waals surface area contributed by atoms with Gasteiger partial charge < -0.3 is 15.8 Å². The lowest BCUT2D eigenvalue weighted by atomic mass is 10.1. The number of hydrogen-bond donors (Lipinski definition) is 3. The van der Waals surface area contributed by atoms with Crippen LogP contribution in [0.15, 0.2) is 36.7 Å². The molecule has 6 nitrogen and oxygen atoms in total. The average Bonchev–Trinajstić information content (AvgIpc) is 2.37. The number of aromatic nitrogens is 2. The smallest absolute Gasteiger partial charge is 0.226 e. The molecule has 1 aromatic carbocycles. The van der Waals surface area contributed by atoms with Crippen molar-refractivity contribution >= 4 is 17.5 Å². The zero-order chi connectivity index (χ0) is 15.5. The number of anilines is 2. The van der Waals surface area contributed by atoms with Gasteiger partial charge in [-0.1, -0.05) is 18.2 Å². The van der Waals surface area contributed by atoms with Crippen LogP contribution in [0.3, 0.4) is 0 Å². The molecule has 110 valence electrons. The lowest BCUT2D eigenvalue weighted by Gasteiger charge is -2.23. The summed E-state index contributed by atoms with van der Waals surface area (Å²) in [6.45, 7) is 5.99. The molecule has 0 bridgehead atoms. The summed E-state index contributed by atoms with van der Waals surface area (Å²) in [4.78, 5) is 8.10. The van der Waals surface area contributed by atoms with E-state index in [0.717, 1.165) is 0 Å². The van der Waals surface area contributed by atoms with Crippen LogP contribution in [0.4, 0.5) is 11.6 Å². The molecule has 2 rings (SSSR count). The van der Waals surface area contributed by atoms with E-state index in [9.17, 15) is 0 Å². The molecule has 21 heavy (non-hydrogen) atoms. The Morgan fingerprint density at radius 3 is 2.48 bits per heavy atom. The monoisotopic (exact) mass is 285 g/mol. The Labute approximate surface area is 123 Å². The van der Waals surface area contributed by atoms with Crippen molar-refractivity contribution in [3.05, 3.63) is 42.2 Å². The minimum Gasteiger partial charge on any atom is -0.439 e. The van der Waals surface area contributed by atoms with E-state index in [1.54, 1.807) is 12.1 Å². The summed E-state index contributed by atoms with van der Waals surface area (Å²) in [5.41, 5.74) is 6.02. The Kier molecular flexibility index (Phi) is 4.07. The Balaban J connectivity index is 2.32. The second-order valence-electron chi connectivity index (χ2n) is 5.60. The molecule has 0 amide bonds. The van der Waals surface area contributed by atoms with E-state index in [4.69, 9.17) is 15.9 Å². The van der Waals surface area contributed by atoms with Gasteiger partial charge >= 0.3 is 0 Å². The van der Waals surface area contributed by atoms with Crippen LogP contribution < -0.4 is 15.8 Å². The van der Waals surface area contributed by atoms with Gasteiger partial charge in [-0.25, -0.2) is 9.97 Å². The van der Waals surface area contributed by atoms with Gasteiger partial charge in [0, 0.05) is 5.54 Å². The van der Waals surface area contributed by atoms with Crippen molar-refractivity contribution in [1.82, 2.24) is 9.97 Å². The molecule has 0 saturated heterocycles. The highest BCUT2D eigenvalue weighted by molar-refractivity contribution is 6.02. The van der Waals surface area contributed by atoms with Crippen molar-refractivity contribution in [1.29, 1.82) is 5.41 Å². The van der Waals surface area contributed by atoms with Gasteiger partial charge in [0.25, 0.3) is 0 Å². The molecule has 0 spiro atoms. The first-order valence-electron chi connectivity index (χ1n) is 6.57. The first-order chi connectivity index (χ1) is 9.87. The van der Waals surface area contributed by atoms with Crippen LogP contribution in [0, 0.1) is 5.41 Å². The fraction of sp³-hybridized carbons (Fsp3) is 0.267. The number of benzene rings is 1. The molecule has 4 N–H and O–H groups in total. The minimum absolute atomic E-state index is 0.0916. The number of nitrogens with zero attached hydrogens (tertiary/aromatic N) is 2. The quantitative estimate of drug-likeness (QED) is 0.595. The SMILES string of the molecule is CC(C)(C)Nc1ncnc(N)c1C(=N)Oc1ccccc1. The number of ether oxygens (including phenoxy) is 1. The summed E-state index contributed by atoms with van der Waals surface area (Å²) in [5.74, 6) is 1.16. The largest absolute Gasteiger partial charge is 0.439 e. The predicted octanol–water partition coefficient (Wildman–Crippen LogP) is 2.67. The van der Waals surface area contributed by atoms with E-state index in [2.05, 4.69) is 15.3 Å². The molecular formula is C15H19N5O. The standard InChI is InChI=1S/C15H19N5O/c1-15(2,3)20-14-11(12(16)18-9-19-14)13(17)21-10-7-5-4-6-8-10/h4-9,17H,1-3H3,(H3,16,18,19,20). The summed E-state index contributed by atoms with van der Waals surface area (Å²) in [6, 6.07) is 9.09. The summed E-state index contributed by atoms with van der Waals surface area (Å²) >= 11 is 0. The van der Waals surface area contributed by atoms with E-state index in [1.807, 2.05) is 39.0 Å². The zero-order valence-corrected chi connectivity index (χ0v) is 12.3. The number of rotatable bonds is 3. The van der Waals surface area contributed by atoms with Crippen LogP contribution in [-0.2, 0) is 0 Å². The van der Waals surface area contributed by atoms with Crippen LogP contribution in [-0.4, -0.2) is 21.4 Å². The predicted molar refractivity (Wildman–Crippen MR) is 83.7 cm³/mol. The Hall–Kier alpha value is -2.63. The molecule has 0 saturated carbocycles. The summed E-state index contributed by atoms with van der Waals surface area (Å²) in [6.07, 6.45) is 1.36. The van der Waals surface area contributed by atoms with E-state index in [-0.39, 0.29) is 17.3 Å². The third-order valence-electron chi connectivity index (χ3n) is 2.56. The van der Waals surface area contributed by atoms with Crippen LogP contribution in [0.1, 0.15) is 26.3 Å². The molecule has 0 fully saturated rings. The average molecular weight is 285 g/mol. The normalized spacial score (nSPS) is 11.0. The molecule has 0 radical (unpaired) electrons. The number of para-hydroxylation sites is 1. The molecule has 0 atom stereocenters. The second-order valence-corrected chi connectivity index (χ2v) is 5.60. The topological polar surface area (TPSA) is 96.9 Å². The van der Waals surface area contributed by atoms with Crippen molar-refractivity contribution in [3.63, 3.8) is 0 Å². The van der Waals surface area contributed by atoms with E-state index in [1.165, 1.54) is 6.33 Å². The number of nitrogens with one attached hydrogen (secondary N) is 2. The van der Waals surface area contributed by atoms with Gasteiger partial charge in [0.1, 0.15) is 29.3 Å². The molecule has 0 unspecified atom stereocenters. The maximum absolute atomic E-state index is 8.13. The summed E-state index contributed by atoms with van der Waals surface area (Å²) in [7, 11) is 0. The number of hydrogen-bond acceptors (Lipinski definition) is 6. The molecular weight excluding hydrogens is 266 g/mol. The van der Waals surface area contributed by atoms with Crippen molar-refractivity contribution in [2.24, 2.45) is 0 Å². The van der Waals surface area contributed by atoms with E-state index >= 15 is 0 Å². The number of nitrogens with two attached hydrogens (primary N) is 1. The summed E-state index contributed by atoms with van der Waals surface area (Å²) < 4.78 is 5.52. The van der Waals surface area contributed by atoms with Crippen LogP contribution >= 0.6 is 0 Å². The minimum atomic E-state index is -0.220. The fourth-order valence-corrected chi connectivity index (χ4v) is 1.73. The maximum Gasteiger partial charge on any atom is 0.226 e. The molecule has 2 aromatic rings. The number of nitrogen functional groups attached to an aromatic ring is 1. The fourth-order valence-electron chi connectivity index (χ4n) is 1.73. The Bertz CT molecular complexity index is 634. The molecule has 1 heterocycles. The van der Waals surface area contributed by atoms with Gasteiger partial charge in [-0.3, -0.25) is 5.41 Å². The molecule has 0 aliphatic carbocycles. The molecule has 1 aromatic heterocycles. The van der Waals surface area contributed by atoms with E-state index < -0.39 is 0 Å². The van der Waals surface area contributed by atoms with Gasteiger partial charge in [0.15, 0.2) is 0 Å². The Morgan fingerprint density at radius 2 is 1.86 bits per heavy atom. The highest BCUT2D eigenvalue weighted by atomic mass is 16.5. The molecule has 0 aliphatic rings. The first-order valence-corrected chi connectivity index (χ1v) is 6.57. The highest BCUT2D eigenvalue weighted by Crippen LogP contribution is 2.23. The Morgan fingerprint density at radius 1 is 1.19 bits per heavy atom. The van der Waals surface area contributed by atoms with E-state index in [0.29, 0.717) is 17.1 Å².